The number of benzene rings is 3. The number of rotatable bonds is 1. The van der Waals surface area contributed by atoms with Gasteiger partial charge in [0.15, 0.2) is 0 Å². The van der Waals surface area contributed by atoms with Gasteiger partial charge in [-0.25, -0.2) is 4.98 Å². The van der Waals surface area contributed by atoms with Gasteiger partial charge in [0.1, 0.15) is 5.65 Å². The van der Waals surface area contributed by atoms with E-state index in [0.717, 1.165) is 0 Å². The van der Waals surface area contributed by atoms with E-state index < -0.39 is 54.8 Å². The van der Waals surface area contributed by atoms with Gasteiger partial charge in [0.25, 0.3) is 0 Å². The van der Waals surface area contributed by atoms with Crippen LogP contribution in [0, 0.1) is 20.7 Å². The lowest BCUT2D eigenvalue weighted by molar-refractivity contribution is 1.24. The van der Waals surface area contributed by atoms with E-state index in [-0.39, 0.29) is 67.8 Å². The van der Waals surface area contributed by atoms with E-state index in [1.165, 1.54) is 24.3 Å². The van der Waals surface area contributed by atoms with Crippen LogP contribution in [0.25, 0.3) is 38.6 Å². The average molecular weight is 350 g/mol. The van der Waals surface area contributed by atoms with E-state index in [9.17, 15) is 0 Å². The predicted molar refractivity (Wildman–Crippen MR) is 110 cm³/mol. The lowest BCUT2D eigenvalue weighted by Crippen LogP contribution is -1.96. The summed E-state index contributed by atoms with van der Waals surface area (Å²) in [6, 6.07) is -2.56. The summed E-state index contributed by atoms with van der Waals surface area (Å²) < 4.78 is 110. The molecular formula is C24H20N2. The zero-order chi connectivity index (χ0) is 29.0. The molecule has 0 atom stereocenters. The third-order valence-electron chi connectivity index (χ3n) is 4.38. The third-order valence-corrected chi connectivity index (χ3v) is 4.38. The van der Waals surface area contributed by atoms with Gasteiger partial charge in [-0.05, 0) is 49.3 Å². The zero-order valence-electron chi connectivity index (χ0n) is 27.0. The van der Waals surface area contributed by atoms with E-state index in [2.05, 4.69) is 4.98 Å². The topological polar surface area (TPSA) is 17.3 Å². The highest BCUT2D eigenvalue weighted by Gasteiger charge is 2.16. The fourth-order valence-corrected chi connectivity index (χ4v) is 3.24. The molecule has 5 aromatic rings. The van der Waals surface area contributed by atoms with E-state index in [4.69, 9.17) is 17.8 Å². The molecule has 0 amide bonds. The molecule has 3 aromatic carbocycles. The molecule has 0 aliphatic heterocycles. The highest BCUT2D eigenvalue weighted by atomic mass is 15.0. The Morgan fingerprint density at radius 1 is 0.923 bits per heavy atom. The van der Waals surface area contributed by atoms with Gasteiger partial charge in [-0.2, -0.15) is 0 Å². The number of hydrogen-bond donors (Lipinski definition) is 0. The number of hydrogen-bond acceptors (Lipinski definition) is 1. The van der Waals surface area contributed by atoms with E-state index in [1.807, 2.05) is 0 Å². The molecule has 0 N–H and O–H groups in total. The first kappa shape index (κ1) is 6.88. The molecule has 2 heteroatoms. The van der Waals surface area contributed by atoms with Crippen molar-refractivity contribution in [1.29, 1.82) is 0 Å². The smallest absolute Gasteiger partial charge is 0.145 e. The lowest BCUT2D eigenvalue weighted by atomic mass is 9.99. The van der Waals surface area contributed by atoms with Crippen LogP contribution in [0.15, 0.2) is 66.6 Å². The first-order chi connectivity index (χ1) is 18.0. The molecule has 0 aliphatic rings. The van der Waals surface area contributed by atoms with Crippen LogP contribution in [-0.2, 0) is 0 Å². The Balaban J connectivity index is 2.23. The first-order valence-electron chi connectivity index (χ1n) is 14.4. The van der Waals surface area contributed by atoms with Crippen molar-refractivity contribution in [2.75, 3.05) is 0 Å². The normalized spacial score (nSPS) is 19.2. The Kier molecular flexibility index (Phi) is 1.44. The van der Waals surface area contributed by atoms with Crippen molar-refractivity contribution in [3.63, 3.8) is 0 Å². The summed E-state index contributed by atoms with van der Waals surface area (Å²) in [5.74, 6) is 0. The van der Waals surface area contributed by atoms with Crippen molar-refractivity contribution in [3.8, 4) is 11.3 Å². The molecule has 0 spiro atoms. The van der Waals surface area contributed by atoms with Gasteiger partial charge in [-0.3, -0.25) is 4.40 Å². The van der Waals surface area contributed by atoms with Crippen LogP contribution in [-0.4, -0.2) is 9.38 Å². The quantitative estimate of drug-likeness (QED) is 0.328. The largest absolute Gasteiger partial charge is 0.292 e. The van der Waals surface area contributed by atoms with Gasteiger partial charge in [-0.15, -0.1) is 0 Å². The highest BCUT2D eigenvalue weighted by Crippen LogP contribution is 2.35. The molecule has 0 aliphatic carbocycles. The number of nitrogens with zero attached hydrogens (tertiary/aromatic N) is 2. The Morgan fingerprint density at radius 3 is 2.69 bits per heavy atom. The van der Waals surface area contributed by atoms with Gasteiger partial charge in [0.2, 0.25) is 0 Å². The highest BCUT2D eigenvalue weighted by molar-refractivity contribution is 6.12. The molecule has 0 unspecified atom stereocenters. The molecule has 2 heterocycles. The van der Waals surface area contributed by atoms with Crippen molar-refractivity contribution in [2.45, 2.75) is 20.7 Å². The maximum Gasteiger partial charge on any atom is 0.145 e. The standard InChI is InChI=1S/C24H20N2/c1-15-11-12-21-20(13-15)18-9-4-5-10-19(18)24-25-14-22(26(21)24)23-16(2)7-6-8-17(23)3/h4-14H,1-3H3/i2D3,4D,5D,6D,7D,8D,9D,11D,12D,13D,14D. The Morgan fingerprint density at radius 2 is 1.81 bits per heavy atom. The fourth-order valence-electron chi connectivity index (χ4n) is 3.24. The number of pyridine rings is 1. The summed E-state index contributed by atoms with van der Waals surface area (Å²) in [5.41, 5.74) is -1.09. The van der Waals surface area contributed by atoms with Gasteiger partial charge in [0, 0.05) is 20.4 Å². The molecule has 0 saturated heterocycles. The Bertz CT molecular complexity index is 1920. The Hall–Kier alpha value is -3.13. The molecular weight excluding hydrogens is 316 g/mol. The minimum absolute atomic E-state index is 0.00413. The molecule has 126 valence electrons. The number of fused-ring (bicyclic) bond motifs is 6. The monoisotopic (exact) mass is 349 g/mol. The average Bonchev–Trinajstić information content (AvgIpc) is 3.20. The number of aromatic nitrogens is 2. The first-order valence-corrected chi connectivity index (χ1v) is 7.95. The van der Waals surface area contributed by atoms with Crippen LogP contribution in [0.5, 0.6) is 0 Å². The van der Waals surface area contributed by atoms with Gasteiger partial charge < -0.3 is 0 Å². The molecule has 0 saturated carbocycles. The minimum atomic E-state index is -2.94. The maximum absolute atomic E-state index is 8.83. The van der Waals surface area contributed by atoms with Gasteiger partial charge in [0.05, 0.1) is 31.1 Å². The van der Waals surface area contributed by atoms with Gasteiger partial charge >= 0.3 is 0 Å². The summed E-state index contributed by atoms with van der Waals surface area (Å²) >= 11 is 0. The van der Waals surface area contributed by atoms with Crippen LogP contribution in [0.2, 0.25) is 0 Å². The number of imidazole rings is 1. The van der Waals surface area contributed by atoms with Crippen molar-refractivity contribution >= 4 is 27.3 Å². The lowest BCUT2D eigenvalue weighted by Gasteiger charge is -2.14. The summed E-state index contributed by atoms with van der Waals surface area (Å²) in [6.07, 6.45) is -0.500. The van der Waals surface area contributed by atoms with Gasteiger partial charge in [-0.1, -0.05) is 53.9 Å². The summed E-state index contributed by atoms with van der Waals surface area (Å²) in [6.45, 7) is -0.0793. The van der Waals surface area contributed by atoms with Crippen molar-refractivity contribution in [1.82, 2.24) is 9.38 Å². The second kappa shape index (κ2) is 5.43. The fraction of sp³-hybridized carbons (Fsp3) is 0.125. The van der Waals surface area contributed by atoms with E-state index >= 15 is 0 Å². The second-order valence-electron chi connectivity index (χ2n) is 6.03. The Labute approximate surface area is 171 Å². The van der Waals surface area contributed by atoms with Crippen LogP contribution in [0.4, 0.5) is 0 Å². The van der Waals surface area contributed by atoms with Crippen LogP contribution in [0.3, 0.4) is 0 Å². The van der Waals surface area contributed by atoms with Crippen LogP contribution < -0.4 is 0 Å². The molecule has 0 radical (unpaired) electrons. The van der Waals surface area contributed by atoms with E-state index in [1.54, 1.807) is 0 Å². The zero-order valence-corrected chi connectivity index (χ0v) is 14.0. The SMILES string of the molecule is [2H]c1cc2c(c([2H])c1[2H])c1c([2H])c(C)c([2H])c([2H])c1n1c(-c3c(C)c([2H])c([2H])c([2H])c3C([2H])([2H])[2H])c([2H])nc21. The molecule has 0 fully saturated rings. The van der Waals surface area contributed by atoms with Crippen molar-refractivity contribution < 1.29 is 17.8 Å². The minimum Gasteiger partial charge on any atom is -0.292 e. The van der Waals surface area contributed by atoms with E-state index in [0.29, 0.717) is 0 Å². The molecule has 26 heavy (non-hydrogen) atoms. The third kappa shape index (κ3) is 2.02. The summed E-state index contributed by atoms with van der Waals surface area (Å²) in [5, 5.41) is 0.143. The van der Waals surface area contributed by atoms with Crippen LogP contribution >= 0.6 is 0 Å². The van der Waals surface area contributed by atoms with Crippen molar-refractivity contribution in [3.05, 3.63) is 83.3 Å². The molecule has 0 bridgehead atoms. The second-order valence-corrected chi connectivity index (χ2v) is 6.03. The molecule has 5 rings (SSSR count). The maximum atomic E-state index is 8.83. The van der Waals surface area contributed by atoms with Crippen molar-refractivity contribution in [2.24, 2.45) is 0 Å². The van der Waals surface area contributed by atoms with Crippen LogP contribution in [0.1, 0.15) is 34.5 Å². The molecule has 2 nitrogen and oxygen atoms in total. The molecule has 2 aromatic heterocycles. The summed E-state index contributed by atoms with van der Waals surface area (Å²) in [4.78, 5) is 4.29. The predicted octanol–water partition coefficient (Wildman–Crippen LogP) is 6.23. The summed E-state index contributed by atoms with van der Waals surface area (Å²) in [7, 11) is 0.